The van der Waals surface area contributed by atoms with Crippen LogP contribution < -0.4 is 15.8 Å². The Morgan fingerprint density at radius 2 is 1.65 bits per heavy atom. The summed E-state index contributed by atoms with van der Waals surface area (Å²) in [4.78, 5) is 10.6. The topological polar surface area (TPSA) is 88.1 Å². The summed E-state index contributed by atoms with van der Waals surface area (Å²) in [5.74, 6) is 1.34. The second-order valence-electron chi connectivity index (χ2n) is 4.10. The van der Waals surface area contributed by atoms with Crippen molar-refractivity contribution in [2.24, 2.45) is 5.73 Å². The van der Waals surface area contributed by atoms with Gasteiger partial charge < -0.3 is 15.8 Å². The van der Waals surface area contributed by atoms with Crippen molar-refractivity contribution in [3.63, 3.8) is 0 Å². The summed E-state index contributed by atoms with van der Waals surface area (Å²) in [5, 5.41) is 11.2. The van der Waals surface area contributed by atoms with Crippen molar-refractivity contribution in [1.82, 2.24) is 5.32 Å². The van der Waals surface area contributed by atoms with E-state index in [1.807, 2.05) is 18.2 Å². The standard InChI is InChI=1S/C15H13N3O2/c16-9-11-1-5-13(6-2-11)20-14-7-3-12(4-8-14)10-18-15(17)19/h1-8H,10H2,(H3,17,18,19). The van der Waals surface area contributed by atoms with E-state index in [0.717, 1.165) is 5.56 Å². The van der Waals surface area contributed by atoms with Gasteiger partial charge in [0.15, 0.2) is 0 Å². The minimum Gasteiger partial charge on any atom is -0.457 e. The number of hydrogen-bond donors (Lipinski definition) is 2. The number of primary amides is 1. The Morgan fingerprint density at radius 1 is 1.10 bits per heavy atom. The number of nitrogens with one attached hydrogen (secondary N) is 1. The van der Waals surface area contributed by atoms with Crippen LogP contribution >= 0.6 is 0 Å². The summed E-state index contributed by atoms with van der Waals surface area (Å²) in [6.45, 7) is 0.381. The zero-order valence-corrected chi connectivity index (χ0v) is 10.7. The summed E-state index contributed by atoms with van der Waals surface area (Å²) in [6.07, 6.45) is 0. The van der Waals surface area contributed by atoms with Crippen LogP contribution in [-0.4, -0.2) is 6.03 Å². The molecular weight excluding hydrogens is 254 g/mol. The first-order chi connectivity index (χ1) is 9.67. The highest BCUT2D eigenvalue weighted by Crippen LogP contribution is 2.21. The molecule has 5 nitrogen and oxygen atoms in total. The van der Waals surface area contributed by atoms with E-state index in [1.165, 1.54) is 0 Å². The zero-order chi connectivity index (χ0) is 14.4. The number of carbonyl (C=O) groups is 1. The summed E-state index contributed by atoms with van der Waals surface area (Å²) < 4.78 is 5.64. The Balaban J connectivity index is 1.99. The Bertz CT molecular complexity index is 628. The molecule has 0 unspecified atom stereocenters. The fraction of sp³-hybridized carbons (Fsp3) is 0.0667. The van der Waals surface area contributed by atoms with E-state index in [-0.39, 0.29) is 0 Å². The molecule has 0 fully saturated rings. The molecule has 2 rings (SSSR count). The van der Waals surface area contributed by atoms with Crippen LogP contribution in [-0.2, 0) is 6.54 Å². The van der Waals surface area contributed by atoms with Crippen LogP contribution in [0.15, 0.2) is 48.5 Å². The van der Waals surface area contributed by atoms with Crippen LogP contribution in [0, 0.1) is 11.3 Å². The highest BCUT2D eigenvalue weighted by Gasteiger charge is 1.99. The molecule has 2 aromatic carbocycles. The van der Waals surface area contributed by atoms with Crippen molar-refractivity contribution in [3.8, 4) is 17.6 Å². The molecule has 0 bridgehead atoms. The zero-order valence-electron chi connectivity index (χ0n) is 10.7. The molecule has 0 radical (unpaired) electrons. The molecule has 20 heavy (non-hydrogen) atoms. The molecule has 2 amide bonds. The van der Waals surface area contributed by atoms with Gasteiger partial charge in [0.05, 0.1) is 11.6 Å². The monoisotopic (exact) mass is 267 g/mol. The Kier molecular flexibility index (Phi) is 4.20. The van der Waals surface area contributed by atoms with Gasteiger partial charge in [0, 0.05) is 6.54 Å². The van der Waals surface area contributed by atoms with Gasteiger partial charge in [-0.05, 0) is 42.0 Å². The molecule has 0 spiro atoms. The van der Waals surface area contributed by atoms with E-state index in [1.54, 1.807) is 36.4 Å². The van der Waals surface area contributed by atoms with Crippen LogP contribution in [0.1, 0.15) is 11.1 Å². The SMILES string of the molecule is N#Cc1ccc(Oc2ccc(CNC(N)=O)cc2)cc1. The molecule has 0 atom stereocenters. The first kappa shape index (κ1) is 13.4. The molecule has 0 aliphatic heterocycles. The number of nitrogens with two attached hydrogens (primary N) is 1. The lowest BCUT2D eigenvalue weighted by Crippen LogP contribution is -2.28. The molecule has 100 valence electrons. The minimum absolute atomic E-state index is 0.381. The van der Waals surface area contributed by atoms with Crippen molar-refractivity contribution in [2.45, 2.75) is 6.54 Å². The maximum atomic E-state index is 10.6. The number of carbonyl (C=O) groups excluding carboxylic acids is 1. The van der Waals surface area contributed by atoms with Gasteiger partial charge in [0.1, 0.15) is 11.5 Å². The van der Waals surface area contributed by atoms with Crippen LogP contribution in [0.2, 0.25) is 0 Å². The number of ether oxygens (including phenoxy) is 1. The predicted molar refractivity (Wildman–Crippen MR) is 74.1 cm³/mol. The van der Waals surface area contributed by atoms with E-state index in [0.29, 0.717) is 23.6 Å². The van der Waals surface area contributed by atoms with Gasteiger partial charge in [-0.1, -0.05) is 12.1 Å². The van der Waals surface area contributed by atoms with E-state index < -0.39 is 6.03 Å². The molecule has 3 N–H and O–H groups in total. The van der Waals surface area contributed by atoms with Gasteiger partial charge in [-0.15, -0.1) is 0 Å². The minimum atomic E-state index is -0.553. The van der Waals surface area contributed by atoms with Gasteiger partial charge in [0.2, 0.25) is 0 Å². The molecule has 0 saturated carbocycles. The summed E-state index contributed by atoms with van der Waals surface area (Å²) in [7, 11) is 0. The molecule has 5 heteroatoms. The van der Waals surface area contributed by atoms with Gasteiger partial charge in [-0.2, -0.15) is 5.26 Å². The van der Waals surface area contributed by atoms with Crippen LogP contribution in [0.5, 0.6) is 11.5 Å². The third kappa shape index (κ3) is 3.75. The smallest absolute Gasteiger partial charge is 0.312 e. The second kappa shape index (κ2) is 6.25. The van der Waals surface area contributed by atoms with Crippen LogP contribution in [0.3, 0.4) is 0 Å². The Hall–Kier alpha value is -3.00. The molecule has 0 aliphatic carbocycles. The number of urea groups is 1. The van der Waals surface area contributed by atoms with Crippen LogP contribution in [0.4, 0.5) is 4.79 Å². The lowest BCUT2D eigenvalue weighted by Gasteiger charge is -2.07. The highest BCUT2D eigenvalue weighted by molar-refractivity contribution is 5.71. The fourth-order valence-electron chi connectivity index (χ4n) is 1.60. The number of rotatable bonds is 4. The lowest BCUT2D eigenvalue weighted by atomic mass is 10.2. The van der Waals surface area contributed by atoms with Crippen molar-refractivity contribution in [2.75, 3.05) is 0 Å². The molecule has 2 aromatic rings. The van der Waals surface area contributed by atoms with Crippen LogP contribution in [0.25, 0.3) is 0 Å². The number of nitrogens with zero attached hydrogens (tertiary/aromatic N) is 1. The highest BCUT2D eigenvalue weighted by atomic mass is 16.5. The number of benzene rings is 2. The average molecular weight is 267 g/mol. The molecule has 0 heterocycles. The quantitative estimate of drug-likeness (QED) is 0.892. The van der Waals surface area contributed by atoms with E-state index in [9.17, 15) is 4.79 Å². The van der Waals surface area contributed by atoms with Gasteiger partial charge in [0.25, 0.3) is 0 Å². The average Bonchev–Trinajstić information content (AvgIpc) is 2.47. The maximum absolute atomic E-state index is 10.6. The summed E-state index contributed by atoms with van der Waals surface area (Å²) >= 11 is 0. The molecule has 0 saturated heterocycles. The van der Waals surface area contributed by atoms with E-state index in [2.05, 4.69) is 5.32 Å². The normalized spacial score (nSPS) is 9.55. The maximum Gasteiger partial charge on any atom is 0.312 e. The number of hydrogen-bond acceptors (Lipinski definition) is 3. The third-order valence-electron chi connectivity index (χ3n) is 2.61. The van der Waals surface area contributed by atoms with Gasteiger partial charge in [-0.3, -0.25) is 0 Å². The molecular formula is C15H13N3O2. The number of nitriles is 1. The Labute approximate surface area is 116 Å². The van der Waals surface area contributed by atoms with E-state index >= 15 is 0 Å². The van der Waals surface area contributed by atoms with Crippen molar-refractivity contribution < 1.29 is 9.53 Å². The van der Waals surface area contributed by atoms with Gasteiger partial charge >= 0.3 is 6.03 Å². The van der Waals surface area contributed by atoms with E-state index in [4.69, 9.17) is 15.7 Å². The fourth-order valence-corrected chi connectivity index (χ4v) is 1.60. The van der Waals surface area contributed by atoms with Crippen molar-refractivity contribution in [3.05, 3.63) is 59.7 Å². The first-order valence-corrected chi connectivity index (χ1v) is 5.97. The van der Waals surface area contributed by atoms with Gasteiger partial charge in [-0.25, -0.2) is 4.79 Å². The lowest BCUT2D eigenvalue weighted by molar-refractivity contribution is 0.248. The second-order valence-corrected chi connectivity index (χ2v) is 4.10. The predicted octanol–water partition coefficient (Wildman–Crippen LogP) is 2.52. The third-order valence-corrected chi connectivity index (χ3v) is 2.61. The largest absolute Gasteiger partial charge is 0.457 e. The first-order valence-electron chi connectivity index (χ1n) is 5.97. The number of amides is 2. The molecule has 0 aromatic heterocycles. The van der Waals surface area contributed by atoms with Crippen molar-refractivity contribution >= 4 is 6.03 Å². The summed E-state index contributed by atoms with van der Waals surface area (Å²) in [6, 6.07) is 15.6. The van der Waals surface area contributed by atoms with Crippen molar-refractivity contribution in [1.29, 1.82) is 5.26 Å². The molecule has 0 aliphatic rings. The summed E-state index contributed by atoms with van der Waals surface area (Å²) in [5.41, 5.74) is 6.51. The Morgan fingerprint density at radius 3 is 2.15 bits per heavy atom.